The monoisotopic (exact) mass is 516 g/mol. The zero-order chi connectivity index (χ0) is 26.0. The molecule has 1 aliphatic rings. The Kier molecular flexibility index (Phi) is 6.85. The standard InChI is InChI=1S/C21H24N8O6S/c1-35-20(31)14(5-7-36(32,33)34)26-19(30)12-2-3-15-11(8-12)4-6-29(15)10-13-9-24-18-16(25-13)17(22)27-21(23)28-18/h2-3,8-9,14H,4-7,10H2,1H3,(H,26,30)(H,32,33,34)(H4,22,23,24,27,28). The van der Waals surface area contributed by atoms with Gasteiger partial charge in [0.25, 0.3) is 16.0 Å². The maximum atomic E-state index is 12.8. The summed E-state index contributed by atoms with van der Waals surface area (Å²) in [7, 11) is -3.19. The van der Waals surface area contributed by atoms with Crippen LogP contribution >= 0.6 is 0 Å². The van der Waals surface area contributed by atoms with Crippen molar-refractivity contribution in [2.24, 2.45) is 0 Å². The smallest absolute Gasteiger partial charge is 0.328 e. The highest BCUT2D eigenvalue weighted by molar-refractivity contribution is 7.85. The molecule has 0 radical (unpaired) electrons. The van der Waals surface area contributed by atoms with Crippen molar-refractivity contribution in [1.29, 1.82) is 0 Å². The molecular formula is C21H24N8O6S. The second-order valence-electron chi connectivity index (χ2n) is 8.14. The number of fused-ring (bicyclic) bond motifs is 2. The molecule has 6 N–H and O–H groups in total. The summed E-state index contributed by atoms with van der Waals surface area (Å²) in [4.78, 5) is 43.5. The van der Waals surface area contributed by atoms with Crippen LogP contribution in [0.1, 0.15) is 28.0 Å². The van der Waals surface area contributed by atoms with Crippen LogP contribution < -0.4 is 21.7 Å². The molecule has 3 heterocycles. The van der Waals surface area contributed by atoms with Gasteiger partial charge in [0.1, 0.15) is 6.04 Å². The van der Waals surface area contributed by atoms with Crippen molar-refractivity contribution in [3.63, 3.8) is 0 Å². The number of hydrogen-bond acceptors (Lipinski definition) is 12. The second-order valence-corrected chi connectivity index (χ2v) is 9.71. The van der Waals surface area contributed by atoms with Crippen LogP contribution in [0.25, 0.3) is 11.2 Å². The van der Waals surface area contributed by atoms with Crippen LogP contribution in [0.15, 0.2) is 24.4 Å². The number of carbonyl (C=O) groups is 2. The van der Waals surface area contributed by atoms with Gasteiger partial charge in [-0.1, -0.05) is 0 Å². The molecule has 2 aromatic heterocycles. The molecule has 0 spiro atoms. The van der Waals surface area contributed by atoms with Gasteiger partial charge in [-0.2, -0.15) is 18.4 Å². The number of carbonyl (C=O) groups excluding carboxylic acids is 2. The van der Waals surface area contributed by atoms with E-state index < -0.39 is 33.8 Å². The van der Waals surface area contributed by atoms with Crippen LogP contribution in [0, 0.1) is 0 Å². The van der Waals surface area contributed by atoms with E-state index in [4.69, 9.17) is 16.0 Å². The molecule has 1 aromatic carbocycles. The molecule has 0 aliphatic carbocycles. The number of nitrogen functional groups attached to an aromatic ring is 2. The molecule has 15 heteroatoms. The topological polar surface area (TPSA) is 217 Å². The zero-order valence-corrected chi connectivity index (χ0v) is 20.0. The number of ether oxygens (including phenoxy) is 1. The van der Waals surface area contributed by atoms with E-state index in [9.17, 15) is 18.0 Å². The normalized spacial score (nSPS) is 13.9. The fraction of sp³-hybridized carbons (Fsp3) is 0.333. The summed E-state index contributed by atoms with van der Waals surface area (Å²) < 4.78 is 35.7. The average molecular weight is 517 g/mol. The van der Waals surface area contributed by atoms with Gasteiger partial charge >= 0.3 is 5.97 Å². The number of esters is 1. The van der Waals surface area contributed by atoms with E-state index in [2.05, 4.69) is 34.9 Å². The van der Waals surface area contributed by atoms with Crippen molar-refractivity contribution < 1.29 is 27.3 Å². The van der Waals surface area contributed by atoms with E-state index in [1.807, 2.05) is 0 Å². The predicted octanol–water partition coefficient (Wildman–Crippen LogP) is -0.304. The Labute approximate surface area is 205 Å². The number of rotatable bonds is 8. The summed E-state index contributed by atoms with van der Waals surface area (Å²) in [6.07, 6.45) is 1.93. The molecule has 14 nitrogen and oxygen atoms in total. The number of methoxy groups -OCH3 is 1. The lowest BCUT2D eigenvalue weighted by Gasteiger charge is -2.19. The van der Waals surface area contributed by atoms with Crippen LogP contribution in [-0.4, -0.2) is 70.2 Å². The molecular weight excluding hydrogens is 492 g/mol. The third-order valence-corrected chi connectivity index (χ3v) is 6.39. The third kappa shape index (κ3) is 5.58. The fourth-order valence-electron chi connectivity index (χ4n) is 3.93. The Bertz CT molecular complexity index is 1450. The highest BCUT2D eigenvalue weighted by atomic mass is 32.2. The van der Waals surface area contributed by atoms with Gasteiger partial charge in [-0.25, -0.2) is 14.8 Å². The van der Waals surface area contributed by atoms with E-state index in [1.165, 1.54) is 0 Å². The van der Waals surface area contributed by atoms with Crippen LogP contribution in [0.4, 0.5) is 17.5 Å². The maximum Gasteiger partial charge on any atom is 0.328 e. The number of aromatic nitrogens is 4. The quantitative estimate of drug-likeness (QED) is 0.223. The SMILES string of the molecule is COC(=O)C(CCS(=O)(=O)O)NC(=O)c1ccc2c(c1)CCN2Cc1cnc2nc(N)nc(N)c2n1. The average Bonchev–Trinajstić information content (AvgIpc) is 3.22. The van der Waals surface area contributed by atoms with E-state index in [1.54, 1.807) is 24.4 Å². The fourth-order valence-corrected chi connectivity index (χ4v) is 4.46. The Morgan fingerprint density at radius 1 is 1.25 bits per heavy atom. The molecule has 1 aliphatic heterocycles. The summed E-state index contributed by atoms with van der Waals surface area (Å²) in [6, 6.07) is 3.87. The number of amides is 1. The van der Waals surface area contributed by atoms with E-state index >= 15 is 0 Å². The first-order valence-corrected chi connectivity index (χ1v) is 12.4. The van der Waals surface area contributed by atoms with Crippen molar-refractivity contribution in [3.8, 4) is 0 Å². The van der Waals surface area contributed by atoms with Gasteiger partial charge in [0.15, 0.2) is 17.0 Å². The molecule has 36 heavy (non-hydrogen) atoms. The summed E-state index contributed by atoms with van der Waals surface area (Å²) in [5, 5.41) is 2.47. The lowest BCUT2D eigenvalue weighted by Crippen LogP contribution is -2.42. The number of nitrogens with two attached hydrogens (primary N) is 2. The van der Waals surface area contributed by atoms with Gasteiger partial charge in [0.2, 0.25) is 5.95 Å². The highest BCUT2D eigenvalue weighted by Crippen LogP contribution is 2.30. The van der Waals surface area contributed by atoms with Crippen molar-refractivity contribution in [1.82, 2.24) is 25.3 Å². The van der Waals surface area contributed by atoms with Crippen LogP contribution in [0.5, 0.6) is 0 Å². The lowest BCUT2D eigenvalue weighted by molar-refractivity contribution is -0.142. The van der Waals surface area contributed by atoms with E-state index in [0.717, 1.165) is 18.4 Å². The lowest BCUT2D eigenvalue weighted by atomic mass is 10.1. The minimum absolute atomic E-state index is 0.0201. The van der Waals surface area contributed by atoms with Crippen LogP contribution in [0.3, 0.4) is 0 Å². The first kappa shape index (κ1) is 25.0. The zero-order valence-electron chi connectivity index (χ0n) is 19.2. The van der Waals surface area contributed by atoms with E-state index in [-0.39, 0.29) is 18.2 Å². The molecule has 190 valence electrons. The summed E-state index contributed by atoms with van der Waals surface area (Å²) in [5.41, 5.74) is 14.9. The van der Waals surface area contributed by atoms with Crippen LogP contribution in [-0.2, 0) is 32.6 Å². The molecule has 1 unspecified atom stereocenters. The minimum Gasteiger partial charge on any atom is -0.467 e. The third-order valence-electron chi connectivity index (χ3n) is 5.64. The predicted molar refractivity (Wildman–Crippen MR) is 129 cm³/mol. The highest BCUT2D eigenvalue weighted by Gasteiger charge is 2.26. The van der Waals surface area contributed by atoms with E-state index in [0.29, 0.717) is 41.9 Å². The summed E-state index contributed by atoms with van der Waals surface area (Å²) >= 11 is 0. The molecule has 0 fully saturated rings. The number of nitrogens with one attached hydrogen (secondary N) is 1. The van der Waals surface area contributed by atoms with Gasteiger partial charge in [-0.3, -0.25) is 9.35 Å². The molecule has 0 saturated heterocycles. The van der Waals surface area contributed by atoms with Gasteiger partial charge in [-0.15, -0.1) is 0 Å². The Morgan fingerprint density at radius 2 is 2.03 bits per heavy atom. The molecule has 0 saturated carbocycles. The number of benzene rings is 1. The number of nitrogens with zero attached hydrogens (tertiary/aromatic N) is 5. The number of anilines is 3. The molecule has 3 aromatic rings. The van der Waals surface area contributed by atoms with Crippen LogP contribution in [0.2, 0.25) is 0 Å². The minimum atomic E-state index is -4.31. The van der Waals surface area contributed by atoms with Crippen molar-refractivity contribution in [2.75, 3.05) is 35.8 Å². The first-order valence-electron chi connectivity index (χ1n) is 10.8. The number of hydrogen-bond donors (Lipinski definition) is 4. The van der Waals surface area contributed by atoms with Gasteiger partial charge in [-0.05, 0) is 36.6 Å². The van der Waals surface area contributed by atoms with Gasteiger partial charge < -0.3 is 26.4 Å². The van der Waals surface area contributed by atoms with Crippen molar-refractivity contribution in [3.05, 3.63) is 41.2 Å². The Morgan fingerprint density at radius 3 is 2.75 bits per heavy atom. The Hall–Kier alpha value is -4.11. The molecule has 0 bridgehead atoms. The van der Waals surface area contributed by atoms with Gasteiger partial charge in [0, 0.05) is 17.8 Å². The molecule has 1 atom stereocenters. The van der Waals surface area contributed by atoms with Crippen molar-refractivity contribution in [2.45, 2.75) is 25.4 Å². The maximum absolute atomic E-state index is 12.8. The first-order chi connectivity index (χ1) is 17.0. The second kappa shape index (κ2) is 9.87. The summed E-state index contributed by atoms with van der Waals surface area (Å²) in [5.74, 6) is -1.92. The van der Waals surface area contributed by atoms with Crippen molar-refractivity contribution >= 4 is 50.6 Å². The Balaban J connectivity index is 1.48. The molecule has 4 rings (SSSR count). The summed E-state index contributed by atoms with van der Waals surface area (Å²) in [6.45, 7) is 1.11. The largest absolute Gasteiger partial charge is 0.467 e. The molecule has 1 amide bonds. The van der Waals surface area contributed by atoms with Gasteiger partial charge in [0.05, 0.1) is 31.3 Å².